The van der Waals surface area contributed by atoms with Gasteiger partial charge in [-0.05, 0) is 38.5 Å². The van der Waals surface area contributed by atoms with Crippen molar-refractivity contribution in [2.24, 2.45) is 0 Å². The van der Waals surface area contributed by atoms with E-state index in [1.54, 1.807) is 0 Å². The number of rotatable bonds is 35. The Morgan fingerprint density at radius 3 is 1.05 bits per heavy atom. The van der Waals surface area contributed by atoms with Gasteiger partial charge in [-0.2, -0.15) is 0 Å². The second-order valence-electron chi connectivity index (χ2n) is 13.1. The quantitative estimate of drug-likeness (QED) is 0.0432. The Morgan fingerprint density at radius 1 is 0.455 bits per heavy atom. The molecule has 0 saturated heterocycles. The summed E-state index contributed by atoms with van der Waals surface area (Å²) < 4.78 is 10.3. The fourth-order valence-electron chi connectivity index (χ4n) is 5.55. The molecule has 0 aromatic rings. The van der Waals surface area contributed by atoms with Gasteiger partial charge in [-0.25, -0.2) is 0 Å². The highest BCUT2D eigenvalue weighted by Crippen LogP contribution is 2.14. The summed E-state index contributed by atoms with van der Waals surface area (Å²) in [5.41, 5.74) is 0. The number of carbonyl (C=O) groups is 2. The lowest BCUT2D eigenvalue weighted by Crippen LogP contribution is -2.25. The summed E-state index contributed by atoms with van der Waals surface area (Å²) in [7, 11) is 0. The Morgan fingerprint density at radius 2 is 0.727 bits per heavy atom. The Labute approximate surface area is 273 Å². The smallest absolute Gasteiger partial charge is 0.305 e. The zero-order chi connectivity index (χ0) is 32.2. The molecule has 1 atom stereocenters. The van der Waals surface area contributed by atoms with Gasteiger partial charge in [0, 0.05) is 12.8 Å². The summed E-state index contributed by atoms with van der Waals surface area (Å²) in [6.07, 6.45) is 39.7. The molecule has 0 aliphatic heterocycles. The van der Waals surface area contributed by atoms with Crippen LogP contribution in [0.4, 0.5) is 0 Å². The molecule has 0 saturated carbocycles. The molecule has 5 heteroatoms. The first-order valence-electron chi connectivity index (χ1n) is 19.2. The molecule has 0 aliphatic carbocycles. The number of unbranched alkanes of at least 4 members (excludes halogenated alkanes) is 25. The average molecular weight is 623 g/mol. The number of carbonyl (C=O) groups excluding carboxylic acids is 2. The van der Waals surface area contributed by atoms with E-state index in [2.05, 4.69) is 26.0 Å². The fraction of sp³-hybridized carbons (Fsp3) is 0.897. The second kappa shape index (κ2) is 36.1. The van der Waals surface area contributed by atoms with E-state index in [0.717, 1.165) is 38.5 Å². The van der Waals surface area contributed by atoms with Crippen molar-refractivity contribution in [2.45, 2.75) is 213 Å². The topological polar surface area (TPSA) is 72.8 Å². The Balaban J connectivity index is 3.41. The molecule has 0 rings (SSSR count). The van der Waals surface area contributed by atoms with E-state index in [0.29, 0.717) is 12.8 Å². The van der Waals surface area contributed by atoms with Crippen LogP contribution < -0.4 is 0 Å². The Hall–Kier alpha value is -1.36. The third-order valence-corrected chi connectivity index (χ3v) is 8.50. The molecular formula is C39H74O5. The molecule has 44 heavy (non-hydrogen) atoms. The van der Waals surface area contributed by atoms with Crippen LogP contribution in [-0.4, -0.2) is 36.4 Å². The molecule has 0 aliphatic rings. The molecule has 0 amide bonds. The van der Waals surface area contributed by atoms with Crippen LogP contribution in [-0.2, 0) is 19.1 Å². The van der Waals surface area contributed by atoms with Crippen LogP contribution in [0, 0.1) is 0 Å². The second-order valence-corrected chi connectivity index (χ2v) is 13.1. The van der Waals surface area contributed by atoms with Crippen LogP contribution in [0.25, 0.3) is 0 Å². The molecule has 0 aromatic heterocycles. The minimum absolute atomic E-state index is 0.113. The van der Waals surface area contributed by atoms with Gasteiger partial charge in [-0.15, -0.1) is 0 Å². The molecule has 0 fully saturated rings. The number of ether oxygens (including phenoxy) is 2. The van der Waals surface area contributed by atoms with Crippen LogP contribution in [0.2, 0.25) is 0 Å². The molecule has 0 spiro atoms. The summed E-state index contributed by atoms with van der Waals surface area (Å²) in [5.74, 6) is -0.566. The number of hydrogen-bond acceptors (Lipinski definition) is 5. The van der Waals surface area contributed by atoms with Gasteiger partial charge < -0.3 is 14.6 Å². The first-order valence-corrected chi connectivity index (χ1v) is 19.2. The van der Waals surface area contributed by atoms with Crippen molar-refractivity contribution in [1.82, 2.24) is 0 Å². The van der Waals surface area contributed by atoms with Crippen molar-refractivity contribution in [3.05, 3.63) is 12.2 Å². The first kappa shape index (κ1) is 42.6. The van der Waals surface area contributed by atoms with Gasteiger partial charge in [0.25, 0.3) is 0 Å². The van der Waals surface area contributed by atoms with Crippen molar-refractivity contribution < 1.29 is 24.2 Å². The first-order chi connectivity index (χ1) is 21.6. The van der Waals surface area contributed by atoms with Crippen LogP contribution in [0.15, 0.2) is 12.2 Å². The van der Waals surface area contributed by atoms with Gasteiger partial charge in [0.15, 0.2) is 0 Å². The highest BCUT2D eigenvalue weighted by Gasteiger charge is 2.12. The predicted molar refractivity (Wildman–Crippen MR) is 187 cm³/mol. The van der Waals surface area contributed by atoms with Crippen molar-refractivity contribution in [3.8, 4) is 0 Å². The van der Waals surface area contributed by atoms with E-state index >= 15 is 0 Å². The number of hydrogen-bond donors (Lipinski definition) is 1. The lowest BCUT2D eigenvalue weighted by atomic mass is 10.0. The summed E-state index contributed by atoms with van der Waals surface area (Å²) in [5, 5.41) is 9.99. The number of aliphatic hydroxyl groups is 1. The van der Waals surface area contributed by atoms with E-state index in [1.165, 1.54) is 141 Å². The zero-order valence-electron chi connectivity index (χ0n) is 29.4. The van der Waals surface area contributed by atoms with Gasteiger partial charge in [-0.1, -0.05) is 167 Å². The number of aliphatic hydroxyl groups excluding tert-OH is 1. The van der Waals surface area contributed by atoms with Crippen LogP contribution in [0.3, 0.4) is 0 Å². The zero-order valence-corrected chi connectivity index (χ0v) is 29.4. The molecule has 260 valence electrons. The van der Waals surface area contributed by atoms with Crippen LogP contribution >= 0.6 is 0 Å². The van der Waals surface area contributed by atoms with Crippen molar-refractivity contribution in [3.63, 3.8) is 0 Å². The minimum Gasteiger partial charge on any atom is -0.463 e. The van der Waals surface area contributed by atoms with E-state index in [-0.39, 0.29) is 25.2 Å². The highest BCUT2D eigenvalue weighted by atomic mass is 16.6. The standard InChI is InChI=1S/C39H74O5/c1-3-5-7-9-11-13-15-17-19-21-23-25-27-29-31-33-38(41)43-35-37(40)36-44-39(42)34-32-30-28-26-24-22-20-18-16-14-12-10-8-6-4-2/h17,19,37,40H,3-16,18,20-36H2,1-2H3/b19-17-/t37-/m1/s1. The summed E-state index contributed by atoms with van der Waals surface area (Å²) in [4.78, 5) is 23.9. The molecule has 0 bridgehead atoms. The van der Waals surface area contributed by atoms with Gasteiger partial charge in [0.05, 0.1) is 0 Å². The van der Waals surface area contributed by atoms with Crippen molar-refractivity contribution >= 4 is 11.9 Å². The molecule has 1 N–H and O–H groups in total. The van der Waals surface area contributed by atoms with Gasteiger partial charge in [0.2, 0.25) is 0 Å². The third-order valence-electron chi connectivity index (χ3n) is 8.50. The van der Waals surface area contributed by atoms with Gasteiger partial charge in [-0.3, -0.25) is 9.59 Å². The summed E-state index contributed by atoms with van der Waals surface area (Å²) in [6, 6.07) is 0. The maximum absolute atomic E-state index is 11.9. The normalized spacial score (nSPS) is 12.2. The van der Waals surface area contributed by atoms with E-state index in [9.17, 15) is 14.7 Å². The molecule has 0 aromatic carbocycles. The predicted octanol–water partition coefficient (Wildman–Crippen LogP) is 11.7. The fourth-order valence-corrected chi connectivity index (χ4v) is 5.55. The van der Waals surface area contributed by atoms with Crippen LogP contribution in [0.5, 0.6) is 0 Å². The van der Waals surface area contributed by atoms with E-state index in [4.69, 9.17) is 9.47 Å². The lowest BCUT2D eigenvalue weighted by Gasteiger charge is -2.12. The van der Waals surface area contributed by atoms with Crippen LogP contribution in [0.1, 0.15) is 206 Å². The van der Waals surface area contributed by atoms with Gasteiger partial charge in [0.1, 0.15) is 19.3 Å². The average Bonchev–Trinajstić information content (AvgIpc) is 3.02. The molecule has 0 unspecified atom stereocenters. The third kappa shape index (κ3) is 35.1. The molecule has 5 nitrogen and oxygen atoms in total. The molecule has 0 radical (unpaired) electrons. The van der Waals surface area contributed by atoms with Crippen molar-refractivity contribution in [2.75, 3.05) is 13.2 Å². The highest BCUT2D eigenvalue weighted by molar-refractivity contribution is 5.69. The summed E-state index contributed by atoms with van der Waals surface area (Å²) in [6.45, 7) is 4.30. The van der Waals surface area contributed by atoms with E-state index in [1.807, 2.05) is 0 Å². The number of esters is 2. The monoisotopic (exact) mass is 623 g/mol. The molecule has 0 heterocycles. The minimum atomic E-state index is -0.960. The van der Waals surface area contributed by atoms with E-state index < -0.39 is 6.10 Å². The number of allylic oxidation sites excluding steroid dienone is 2. The largest absolute Gasteiger partial charge is 0.463 e. The van der Waals surface area contributed by atoms with Gasteiger partial charge >= 0.3 is 11.9 Å². The maximum atomic E-state index is 11.9. The summed E-state index contributed by atoms with van der Waals surface area (Å²) >= 11 is 0. The lowest BCUT2D eigenvalue weighted by molar-refractivity contribution is -0.152. The van der Waals surface area contributed by atoms with Crippen molar-refractivity contribution in [1.29, 1.82) is 0 Å². The maximum Gasteiger partial charge on any atom is 0.305 e. The Bertz CT molecular complexity index is 632. The Kier molecular flexibility index (Phi) is 35.0. The molecular weight excluding hydrogens is 548 g/mol. The SMILES string of the molecule is CCCCCCCC/C=C\CCCCCCCC(=O)OC[C@@H](O)COC(=O)CCCCCCCCCCCCCCCCC.